The minimum Gasteiger partial charge on any atom is -0.354 e. The second-order valence-corrected chi connectivity index (χ2v) is 8.48. The Balaban J connectivity index is 1.35. The van der Waals surface area contributed by atoms with E-state index in [1.54, 1.807) is 35.1 Å². The molecule has 140 valence electrons. The minimum atomic E-state index is 0.0267. The SMILES string of the molecule is O=C(Cc1csc(-c2cccnc2)n1)NCC(c1cccs1)N1CCCC1. The molecule has 0 aliphatic carbocycles. The van der Waals surface area contributed by atoms with Crippen molar-refractivity contribution in [2.75, 3.05) is 19.6 Å². The van der Waals surface area contributed by atoms with Crippen molar-refractivity contribution < 1.29 is 4.79 Å². The topological polar surface area (TPSA) is 58.1 Å². The summed E-state index contributed by atoms with van der Waals surface area (Å²) in [7, 11) is 0. The van der Waals surface area contributed by atoms with Crippen molar-refractivity contribution in [3.63, 3.8) is 0 Å². The molecule has 5 nitrogen and oxygen atoms in total. The minimum absolute atomic E-state index is 0.0267. The van der Waals surface area contributed by atoms with Crippen LogP contribution < -0.4 is 5.32 Å². The number of carbonyl (C=O) groups excluding carboxylic acids is 1. The molecule has 1 fully saturated rings. The van der Waals surface area contributed by atoms with Gasteiger partial charge in [0.15, 0.2) is 0 Å². The van der Waals surface area contributed by atoms with Crippen LogP contribution in [0.1, 0.15) is 29.5 Å². The smallest absolute Gasteiger partial charge is 0.226 e. The number of nitrogens with one attached hydrogen (secondary N) is 1. The normalized spacial score (nSPS) is 15.7. The van der Waals surface area contributed by atoms with Crippen molar-refractivity contribution in [2.45, 2.75) is 25.3 Å². The third-order valence-electron chi connectivity index (χ3n) is 4.75. The number of hydrogen-bond donors (Lipinski definition) is 1. The van der Waals surface area contributed by atoms with E-state index in [1.165, 1.54) is 17.7 Å². The molecule has 4 heterocycles. The molecule has 1 amide bonds. The number of likely N-dealkylation sites (tertiary alicyclic amines) is 1. The quantitative estimate of drug-likeness (QED) is 0.658. The van der Waals surface area contributed by atoms with Crippen molar-refractivity contribution in [2.24, 2.45) is 0 Å². The molecule has 1 saturated heterocycles. The van der Waals surface area contributed by atoms with E-state index in [0.29, 0.717) is 13.0 Å². The lowest BCUT2D eigenvalue weighted by atomic mass is 10.2. The van der Waals surface area contributed by atoms with Crippen molar-refractivity contribution in [1.29, 1.82) is 0 Å². The molecule has 1 aliphatic rings. The first-order valence-electron chi connectivity index (χ1n) is 9.18. The highest BCUT2D eigenvalue weighted by Crippen LogP contribution is 2.28. The molecule has 1 unspecified atom stereocenters. The molecule has 1 N–H and O–H groups in total. The molecule has 1 aliphatic heterocycles. The Kier molecular flexibility index (Phi) is 5.91. The Labute approximate surface area is 167 Å². The standard InChI is InChI=1S/C20H22N4OS2/c25-19(11-16-14-27-20(23-16)15-5-3-7-21-12-15)22-13-17(18-6-4-10-26-18)24-8-1-2-9-24/h3-7,10,12,14,17H,1-2,8-9,11,13H2,(H,22,25). The van der Waals surface area contributed by atoms with Crippen LogP contribution in [0.5, 0.6) is 0 Å². The zero-order valence-corrected chi connectivity index (χ0v) is 16.6. The summed E-state index contributed by atoms with van der Waals surface area (Å²) in [4.78, 5) is 25.0. The summed E-state index contributed by atoms with van der Waals surface area (Å²) in [5.41, 5.74) is 1.80. The third kappa shape index (κ3) is 4.61. The monoisotopic (exact) mass is 398 g/mol. The Morgan fingerprint density at radius 2 is 2.11 bits per heavy atom. The lowest BCUT2D eigenvalue weighted by Gasteiger charge is -2.26. The highest BCUT2D eigenvalue weighted by Gasteiger charge is 2.24. The van der Waals surface area contributed by atoms with Crippen molar-refractivity contribution in [3.8, 4) is 10.6 Å². The van der Waals surface area contributed by atoms with Crippen LogP contribution in [-0.4, -0.2) is 40.4 Å². The molecule has 3 aromatic heterocycles. The van der Waals surface area contributed by atoms with E-state index in [1.807, 2.05) is 17.5 Å². The lowest BCUT2D eigenvalue weighted by Crippen LogP contribution is -2.37. The highest BCUT2D eigenvalue weighted by atomic mass is 32.1. The van der Waals surface area contributed by atoms with Crippen LogP contribution in [0.15, 0.2) is 47.4 Å². The zero-order chi connectivity index (χ0) is 18.5. The molecular weight excluding hydrogens is 376 g/mol. The third-order valence-corrected chi connectivity index (χ3v) is 6.66. The second-order valence-electron chi connectivity index (χ2n) is 6.64. The van der Waals surface area contributed by atoms with E-state index >= 15 is 0 Å². The first-order valence-corrected chi connectivity index (χ1v) is 10.9. The number of amides is 1. The summed E-state index contributed by atoms with van der Waals surface area (Å²) in [5.74, 6) is 0.0267. The van der Waals surface area contributed by atoms with Gasteiger partial charge in [0.05, 0.1) is 18.2 Å². The molecule has 0 spiro atoms. The Hall–Kier alpha value is -2.09. The number of rotatable bonds is 7. The molecule has 3 aromatic rings. The average Bonchev–Trinajstić information content (AvgIpc) is 3.46. The fourth-order valence-electron chi connectivity index (χ4n) is 3.39. The van der Waals surface area contributed by atoms with Gasteiger partial charge in [0.1, 0.15) is 5.01 Å². The second kappa shape index (κ2) is 8.73. The number of thiazole rings is 1. The molecule has 0 bridgehead atoms. The maximum atomic E-state index is 12.5. The molecular formula is C20H22N4OS2. The molecule has 4 rings (SSSR count). The van der Waals surface area contributed by atoms with E-state index < -0.39 is 0 Å². The van der Waals surface area contributed by atoms with Gasteiger partial charge in [-0.3, -0.25) is 14.7 Å². The predicted molar refractivity (Wildman–Crippen MR) is 110 cm³/mol. The fourth-order valence-corrected chi connectivity index (χ4v) is 5.06. The van der Waals surface area contributed by atoms with Gasteiger partial charge >= 0.3 is 0 Å². The first-order chi connectivity index (χ1) is 13.3. The van der Waals surface area contributed by atoms with E-state index in [4.69, 9.17) is 0 Å². The molecule has 27 heavy (non-hydrogen) atoms. The van der Waals surface area contributed by atoms with Gasteiger partial charge in [-0.25, -0.2) is 4.98 Å². The Morgan fingerprint density at radius 1 is 1.22 bits per heavy atom. The van der Waals surface area contributed by atoms with Crippen LogP contribution in [0, 0.1) is 0 Å². The maximum Gasteiger partial charge on any atom is 0.226 e. The summed E-state index contributed by atoms with van der Waals surface area (Å²) < 4.78 is 0. The van der Waals surface area contributed by atoms with Crippen molar-refractivity contribution in [1.82, 2.24) is 20.2 Å². The molecule has 7 heteroatoms. The molecule has 1 atom stereocenters. The summed E-state index contributed by atoms with van der Waals surface area (Å²) >= 11 is 3.31. The number of carbonyl (C=O) groups is 1. The maximum absolute atomic E-state index is 12.5. The predicted octanol–water partition coefficient (Wildman–Crippen LogP) is 3.76. The van der Waals surface area contributed by atoms with Gasteiger partial charge in [-0.15, -0.1) is 22.7 Å². The zero-order valence-electron chi connectivity index (χ0n) is 15.0. The van der Waals surface area contributed by atoms with E-state index in [-0.39, 0.29) is 11.9 Å². The van der Waals surface area contributed by atoms with Crippen LogP contribution in [0.2, 0.25) is 0 Å². The van der Waals surface area contributed by atoms with Gasteiger partial charge in [0.2, 0.25) is 5.91 Å². The lowest BCUT2D eigenvalue weighted by molar-refractivity contribution is -0.120. The van der Waals surface area contributed by atoms with Crippen molar-refractivity contribution in [3.05, 3.63) is 58.0 Å². The number of aromatic nitrogens is 2. The van der Waals surface area contributed by atoms with E-state index in [9.17, 15) is 4.79 Å². The Bertz CT molecular complexity index is 857. The summed E-state index contributed by atoms with van der Waals surface area (Å²) in [6.07, 6.45) is 6.34. The molecule has 0 saturated carbocycles. The van der Waals surface area contributed by atoms with Gasteiger partial charge in [-0.05, 0) is 49.5 Å². The average molecular weight is 399 g/mol. The van der Waals surface area contributed by atoms with Gasteiger partial charge < -0.3 is 5.32 Å². The first kappa shape index (κ1) is 18.3. The van der Waals surface area contributed by atoms with Gasteiger partial charge in [-0.1, -0.05) is 6.07 Å². The number of pyridine rings is 1. The van der Waals surface area contributed by atoms with Crippen LogP contribution >= 0.6 is 22.7 Å². The molecule has 0 radical (unpaired) electrons. The van der Waals surface area contributed by atoms with Crippen LogP contribution in [0.25, 0.3) is 10.6 Å². The van der Waals surface area contributed by atoms with Gasteiger partial charge in [-0.2, -0.15) is 0 Å². The van der Waals surface area contributed by atoms with Gasteiger partial charge in [0.25, 0.3) is 0 Å². The fraction of sp³-hybridized carbons (Fsp3) is 0.350. The van der Waals surface area contributed by atoms with Crippen molar-refractivity contribution >= 4 is 28.6 Å². The summed E-state index contributed by atoms with van der Waals surface area (Å²) in [6.45, 7) is 2.87. The summed E-state index contributed by atoms with van der Waals surface area (Å²) in [5, 5.41) is 8.09. The molecule has 0 aromatic carbocycles. The van der Waals surface area contributed by atoms with Crippen LogP contribution in [0.4, 0.5) is 0 Å². The largest absolute Gasteiger partial charge is 0.354 e. The van der Waals surface area contributed by atoms with Gasteiger partial charge in [0, 0.05) is 34.8 Å². The van der Waals surface area contributed by atoms with Crippen LogP contribution in [0.3, 0.4) is 0 Å². The highest BCUT2D eigenvalue weighted by molar-refractivity contribution is 7.13. The number of hydrogen-bond acceptors (Lipinski definition) is 6. The number of thiophene rings is 1. The van der Waals surface area contributed by atoms with E-state index in [0.717, 1.165) is 29.4 Å². The Morgan fingerprint density at radius 3 is 2.85 bits per heavy atom. The van der Waals surface area contributed by atoms with Crippen LogP contribution in [-0.2, 0) is 11.2 Å². The summed E-state index contributed by atoms with van der Waals surface area (Å²) in [6, 6.07) is 8.40. The van der Waals surface area contributed by atoms with E-state index in [2.05, 4.69) is 37.7 Å². The number of nitrogens with zero attached hydrogens (tertiary/aromatic N) is 3.